The summed E-state index contributed by atoms with van der Waals surface area (Å²) in [5.74, 6) is 0.225. The van der Waals surface area contributed by atoms with Crippen LogP contribution < -0.4 is 5.32 Å². The molecule has 0 rings (SSSR count). The highest BCUT2D eigenvalue weighted by Gasteiger charge is 2.10. The van der Waals surface area contributed by atoms with Crippen molar-refractivity contribution in [2.24, 2.45) is 0 Å². The number of carbonyl (C=O) groups is 1. The SMILES string of the molecule is C=CCCCCCCCCC(=O)NCCC[N+](C)(C)CC.COS(=O)(=O)[O-]. The highest BCUT2D eigenvalue weighted by Crippen LogP contribution is 2.08. The number of nitrogens with zero attached hydrogens (tertiary/aromatic N) is 1. The Bertz CT molecular complexity index is 478. The second-order valence-corrected chi connectivity index (χ2v) is 8.35. The first-order valence-corrected chi connectivity index (χ1v) is 11.1. The van der Waals surface area contributed by atoms with Crippen molar-refractivity contribution in [2.45, 2.75) is 64.7 Å². The Kier molecular flexibility index (Phi) is 18.0. The molecule has 0 aromatic carbocycles. The van der Waals surface area contributed by atoms with Crippen LogP contribution in [0.2, 0.25) is 0 Å². The minimum absolute atomic E-state index is 0.225. The molecule has 0 aliphatic rings. The highest BCUT2D eigenvalue weighted by molar-refractivity contribution is 7.80. The molecule has 0 aromatic heterocycles. The van der Waals surface area contributed by atoms with Gasteiger partial charge in [-0.05, 0) is 26.2 Å². The van der Waals surface area contributed by atoms with Gasteiger partial charge in [-0.15, -0.1) is 6.58 Å². The monoisotopic (exact) mass is 408 g/mol. The average Bonchev–Trinajstić information content (AvgIpc) is 2.61. The van der Waals surface area contributed by atoms with Crippen LogP contribution in [0, 0.1) is 0 Å². The van der Waals surface area contributed by atoms with E-state index in [4.69, 9.17) is 0 Å². The smallest absolute Gasteiger partial charge is 0.219 e. The largest absolute Gasteiger partial charge is 0.726 e. The van der Waals surface area contributed by atoms with E-state index < -0.39 is 10.4 Å². The van der Waals surface area contributed by atoms with Crippen LogP contribution >= 0.6 is 0 Å². The molecule has 0 unspecified atom stereocenters. The maximum Gasteiger partial charge on any atom is 0.219 e. The van der Waals surface area contributed by atoms with Gasteiger partial charge >= 0.3 is 0 Å². The van der Waals surface area contributed by atoms with Gasteiger partial charge in [0.15, 0.2) is 0 Å². The van der Waals surface area contributed by atoms with Crippen LogP contribution in [-0.2, 0) is 19.4 Å². The van der Waals surface area contributed by atoms with Crippen LogP contribution in [0.15, 0.2) is 12.7 Å². The molecular formula is C19H40N2O5S. The maximum atomic E-state index is 11.7. The molecule has 0 aliphatic carbocycles. The first-order chi connectivity index (χ1) is 12.6. The zero-order valence-corrected chi connectivity index (χ0v) is 18.5. The fourth-order valence-corrected chi connectivity index (χ4v) is 2.26. The number of nitrogens with one attached hydrogen (secondary N) is 1. The number of carbonyl (C=O) groups excluding carboxylic acids is 1. The Balaban J connectivity index is 0. The molecule has 162 valence electrons. The minimum Gasteiger partial charge on any atom is -0.726 e. The van der Waals surface area contributed by atoms with Crippen molar-refractivity contribution in [3.05, 3.63) is 12.7 Å². The summed E-state index contributed by atoms with van der Waals surface area (Å²) in [7, 11) is 0.862. The zero-order chi connectivity index (χ0) is 21.2. The second kappa shape index (κ2) is 17.2. The zero-order valence-electron chi connectivity index (χ0n) is 17.7. The Hall–Kier alpha value is -0.960. The van der Waals surface area contributed by atoms with Gasteiger partial charge in [0.05, 0.1) is 34.3 Å². The molecule has 0 spiro atoms. The van der Waals surface area contributed by atoms with Crippen LogP contribution in [0.4, 0.5) is 0 Å². The Labute approximate surface area is 166 Å². The third-order valence-corrected chi connectivity index (χ3v) is 4.79. The lowest BCUT2D eigenvalue weighted by molar-refractivity contribution is -0.888. The van der Waals surface area contributed by atoms with Crippen molar-refractivity contribution in [3.63, 3.8) is 0 Å². The predicted molar refractivity (Wildman–Crippen MR) is 109 cm³/mol. The lowest BCUT2D eigenvalue weighted by atomic mass is 10.1. The van der Waals surface area contributed by atoms with Gasteiger partial charge in [0.1, 0.15) is 0 Å². The van der Waals surface area contributed by atoms with E-state index in [1.165, 1.54) is 32.1 Å². The van der Waals surface area contributed by atoms with Gasteiger partial charge < -0.3 is 14.4 Å². The lowest BCUT2D eigenvalue weighted by Crippen LogP contribution is -2.41. The van der Waals surface area contributed by atoms with Gasteiger partial charge in [-0.1, -0.05) is 31.8 Å². The van der Waals surface area contributed by atoms with Crippen LogP contribution in [-0.4, -0.2) is 64.2 Å². The van der Waals surface area contributed by atoms with Crippen LogP contribution in [0.1, 0.15) is 64.7 Å². The van der Waals surface area contributed by atoms with Gasteiger partial charge in [-0.3, -0.25) is 8.98 Å². The van der Waals surface area contributed by atoms with Crippen LogP contribution in [0.5, 0.6) is 0 Å². The number of hydrogen-bond acceptors (Lipinski definition) is 5. The highest BCUT2D eigenvalue weighted by atomic mass is 32.3. The number of amides is 1. The molecule has 1 N–H and O–H groups in total. The fourth-order valence-electron chi connectivity index (χ4n) is 2.26. The van der Waals surface area contributed by atoms with Crippen LogP contribution in [0.25, 0.3) is 0 Å². The Morgan fingerprint density at radius 2 is 1.63 bits per heavy atom. The molecule has 1 amide bonds. The van der Waals surface area contributed by atoms with Gasteiger partial charge in [-0.25, -0.2) is 8.42 Å². The number of quaternary nitrogens is 1. The first-order valence-electron chi connectivity index (χ1n) is 9.79. The molecule has 0 saturated carbocycles. The summed E-state index contributed by atoms with van der Waals surface area (Å²) in [6.45, 7) is 9.02. The molecule has 7 nitrogen and oxygen atoms in total. The Morgan fingerprint density at radius 1 is 1.11 bits per heavy atom. The molecule has 0 heterocycles. The quantitative estimate of drug-likeness (QED) is 0.148. The van der Waals surface area contributed by atoms with Crippen molar-refractivity contribution in [2.75, 3.05) is 40.8 Å². The van der Waals surface area contributed by atoms with Gasteiger partial charge in [0, 0.05) is 19.4 Å². The van der Waals surface area contributed by atoms with Crippen LogP contribution in [0.3, 0.4) is 0 Å². The summed E-state index contributed by atoms with van der Waals surface area (Å²) in [5.41, 5.74) is 0. The van der Waals surface area contributed by atoms with E-state index in [0.717, 1.165) is 50.5 Å². The van der Waals surface area contributed by atoms with E-state index in [-0.39, 0.29) is 5.91 Å². The van der Waals surface area contributed by atoms with E-state index in [9.17, 15) is 17.8 Å². The summed E-state index contributed by atoms with van der Waals surface area (Å²) < 4.78 is 32.1. The lowest BCUT2D eigenvalue weighted by Gasteiger charge is -2.28. The second-order valence-electron chi connectivity index (χ2n) is 7.20. The molecular weight excluding hydrogens is 368 g/mol. The van der Waals surface area contributed by atoms with Gasteiger partial charge in [0.2, 0.25) is 16.3 Å². The topological polar surface area (TPSA) is 95.5 Å². The summed E-state index contributed by atoms with van der Waals surface area (Å²) in [6.07, 6.45) is 12.2. The van der Waals surface area contributed by atoms with E-state index in [1.807, 2.05) is 6.08 Å². The van der Waals surface area contributed by atoms with Gasteiger partial charge in [-0.2, -0.15) is 0 Å². The number of allylic oxidation sites excluding steroid dienone is 1. The van der Waals surface area contributed by atoms with Crippen molar-refractivity contribution in [3.8, 4) is 0 Å². The molecule has 0 saturated heterocycles. The molecule has 27 heavy (non-hydrogen) atoms. The number of hydrogen-bond donors (Lipinski definition) is 1. The minimum atomic E-state index is -4.41. The number of rotatable bonds is 15. The summed E-state index contributed by atoms with van der Waals surface area (Å²) in [6, 6.07) is 0. The van der Waals surface area contributed by atoms with Gasteiger partial charge in [0.25, 0.3) is 0 Å². The van der Waals surface area contributed by atoms with Crippen molar-refractivity contribution in [1.82, 2.24) is 5.32 Å². The van der Waals surface area contributed by atoms with Crippen molar-refractivity contribution in [1.29, 1.82) is 0 Å². The fraction of sp³-hybridized carbons (Fsp3) is 0.842. The third-order valence-electron chi connectivity index (χ3n) is 4.38. The molecule has 8 heteroatoms. The standard InChI is InChI=1S/C18H36N2O.CH4O4S/c1-5-7-8-9-10-11-12-13-15-18(21)19-16-14-17-20(3,4)6-2;1-5-6(2,3)4/h5H,1,6-17H2,2-4H3;1H3,(H,2,3,4). The summed E-state index contributed by atoms with van der Waals surface area (Å²) in [5, 5.41) is 3.04. The van der Waals surface area contributed by atoms with E-state index >= 15 is 0 Å². The molecule has 0 atom stereocenters. The summed E-state index contributed by atoms with van der Waals surface area (Å²) >= 11 is 0. The summed E-state index contributed by atoms with van der Waals surface area (Å²) in [4.78, 5) is 11.7. The molecule has 0 bridgehead atoms. The molecule has 0 aliphatic heterocycles. The first kappa shape index (κ1) is 28.3. The van der Waals surface area contributed by atoms with E-state index in [1.54, 1.807) is 0 Å². The van der Waals surface area contributed by atoms with Crippen molar-refractivity contribution >= 4 is 16.3 Å². The van der Waals surface area contributed by atoms with E-state index in [0.29, 0.717) is 6.42 Å². The molecule has 0 radical (unpaired) electrons. The number of unbranched alkanes of at least 4 members (excludes halogenated alkanes) is 6. The predicted octanol–water partition coefficient (Wildman–Crippen LogP) is 2.99. The Morgan fingerprint density at radius 3 is 2.11 bits per heavy atom. The molecule has 0 fully saturated rings. The third kappa shape index (κ3) is 25.0. The normalized spacial score (nSPS) is 11.4. The maximum absolute atomic E-state index is 11.7. The van der Waals surface area contributed by atoms with Crippen molar-refractivity contribution < 1.29 is 26.4 Å². The van der Waals surface area contributed by atoms with E-state index in [2.05, 4.69) is 37.1 Å². The molecule has 0 aromatic rings. The average molecular weight is 409 g/mol.